The SMILES string of the molecule is N#CNC1=NCC2(CN1Cc1ncccc1Cl)OCCO2. The Morgan fingerprint density at radius 2 is 2.29 bits per heavy atom. The zero-order valence-electron chi connectivity index (χ0n) is 11.3. The van der Waals surface area contributed by atoms with Crippen LogP contribution in [0.15, 0.2) is 23.3 Å². The molecule has 7 nitrogen and oxygen atoms in total. The van der Waals surface area contributed by atoms with E-state index in [-0.39, 0.29) is 0 Å². The Hall–Kier alpha value is -1.88. The molecule has 1 aromatic heterocycles. The van der Waals surface area contributed by atoms with Crippen LogP contribution >= 0.6 is 11.6 Å². The minimum Gasteiger partial charge on any atom is -0.344 e. The summed E-state index contributed by atoms with van der Waals surface area (Å²) in [4.78, 5) is 10.5. The van der Waals surface area contributed by atoms with E-state index in [1.54, 1.807) is 18.3 Å². The van der Waals surface area contributed by atoms with E-state index in [0.717, 1.165) is 0 Å². The topological polar surface area (TPSA) is 82.8 Å². The van der Waals surface area contributed by atoms with Crippen LogP contribution < -0.4 is 5.32 Å². The molecule has 0 aliphatic carbocycles. The van der Waals surface area contributed by atoms with Crippen molar-refractivity contribution in [1.29, 1.82) is 5.26 Å². The molecule has 8 heteroatoms. The highest BCUT2D eigenvalue weighted by atomic mass is 35.5. The van der Waals surface area contributed by atoms with E-state index in [1.807, 2.05) is 11.1 Å². The van der Waals surface area contributed by atoms with Gasteiger partial charge < -0.3 is 14.4 Å². The summed E-state index contributed by atoms with van der Waals surface area (Å²) in [7, 11) is 0. The lowest BCUT2D eigenvalue weighted by Gasteiger charge is -2.37. The summed E-state index contributed by atoms with van der Waals surface area (Å²) in [5.41, 5.74) is 0.710. The van der Waals surface area contributed by atoms with Gasteiger partial charge >= 0.3 is 0 Å². The van der Waals surface area contributed by atoms with Crippen LogP contribution in [0.1, 0.15) is 5.69 Å². The number of nitrogens with one attached hydrogen (secondary N) is 1. The van der Waals surface area contributed by atoms with Crippen molar-refractivity contribution in [1.82, 2.24) is 15.2 Å². The molecule has 2 aliphatic rings. The first-order valence-electron chi connectivity index (χ1n) is 6.54. The predicted molar refractivity (Wildman–Crippen MR) is 75.3 cm³/mol. The molecule has 0 bridgehead atoms. The van der Waals surface area contributed by atoms with Crippen LogP contribution in [0.2, 0.25) is 5.02 Å². The first kappa shape index (κ1) is 14.1. The molecule has 110 valence electrons. The van der Waals surface area contributed by atoms with Gasteiger partial charge in [-0.2, -0.15) is 5.26 Å². The van der Waals surface area contributed by atoms with E-state index >= 15 is 0 Å². The van der Waals surface area contributed by atoms with E-state index < -0.39 is 5.79 Å². The number of aliphatic imine (C=N–C) groups is 1. The van der Waals surface area contributed by atoms with Gasteiger partial charge in [0.2, 0.25) is 11.7 Å². The minimum absolute atomic E-state index is 0.365. The molecule has 0 aromatic carbocycles. The summed E-state index contributed by atoms with van der Waals surface area (Å²) >= 11 is 6.14. The van der Waals surface area contributed by atoms with Crippen LogP contribution in [0.25, 0.3) is 0 Å². The standard InChI is InChI=1S/C13H14ClN5O2/c14-10-2-1-3-16-11(10)6-19-8-13(20-4-5-21-13)7-17-12(19)18-9-15/h1-3H,4-8H2,(H,17,18). The molecular formula is C13H14ClN5O2. The average molecular weight is 308 g/mol. The third-order valence-electron chi connectivity index (χ3n) is 3.36. The van der Waals surface area contributed by atoms with Crippen molar-refractivity contribution >= 4 is 17.6 Å². The van der Waals surface area contributed by atoms with Gasteiger partial charge in [-0.25, -0.2) is 4.99 Å². The van der Waals surface area contributed by atoms with Gasteiger partial charge in [0.1, 0.15) is 0 Å². The number of ether oxygens (including phenoxy) is 2. The molecule has 1 N–H and O–H groups in total. The summed E-state index contributed by atoms with van der Waals surface area (Å²) in [6, 6.07) is 3.55. The fourth-order valence-corrected chi connectivity index (χ4v) is 2.59. The van der Waals surface area contributed by atoms with Crippen molar-refractivity contribution in [2.24, 2.45) is 4.99 Å². The Balaban J connectivity index is 1.83. The van der Waals surface area contributed by atoms with Gasteiger partial charge in [0.25, 0.3) is 0 Å². The zero-order chi connectivity index (χ0) is 14.7. The highest BCUT2D eigenvalue weighted by Gasteiger charge is 2.42. The fourth-order valence-electron chi connectivity index (χ4n) is 2.41. The van der Waals surface area contributed by atoms with Crippen LogP contribution in [0, 0.1) is 11.5 Å². The number of pyridine rings is 1. The third kappa shape index (κ3) is 2.93. The first-order valence-corrected chi connectivity index (χ1v) is 6.92. The molecule has 1 spiro atoms. The van der Waals surface area contributed by atoms with Crippen LogP contribution in [0.5, 0.6) is 0 Å². The molecule has 21 heavy (non-hydrogen) atoms. The lowest BCUT2D eigenvalue weighted by molar-refractivity contribution is -0.161. The average Bonchev–Trinajstić information content (AvgIpc) is 2.93. The number of hydrogen-bond donors (Lipinski definition) is 1. The number of guanidine groups is 1. The van der Waals surface area contributed by atoms with Gasteiger partial charge in [0, 0.05) is 6.20 Å². The Kier molecular flexibility index (Phi) is 3.92. The number of nitriles is 1. The molecule has 2 aliphatic heterocycles. The van der Waals surface area contributed by atoms with Gasteiger partial charge in [0.05, 0.1) is 43.6 Å². The van der Waals surface area contributed by atoms with Crippen LogP contribution in [-0.4, -0.2) is 47.9 Å². The zero-order valence-corrected chi connectivity index (χ0v) is 12.0. The first-order chi connectivity index (χ1) is 10.2. The lowest BCUT2D eigenvalue weighted by Crippen LogP contribution is -2.55. The molecule has 1 aromatic rings. The molecule has 0 saturated carbocycles. The van der Waals surface area contributed by atoms with Crippen LogP contribution in [0.4, 0.5) is 0 Å². The summed E-state index contributed by atoms with van der Waals surface area (Å²) in [6.07, 6.45) is 3.57. The largest absolute Gasteiger partial charge is 0.344 e. The molecule has 0 unspecified atom stereocenters. The maximum absolute atomic E-state index is 8.84. The molecule has 0 radical (unpaired) electrons. The maximum Gasteiger partial charge on any atom is 0.208 e. The monoisotopic (exact) mass is 307 g/mol. The van der Waals surface area contributed by atoms with E-state index in [9.17, 15) is 0 Å². The quantitative estimate of drug-likeness (QED) is 0.640. The Labute approximate surface area is 127 Å². The normalized spacial score (nSPS) is 20.2. The van der Waals surface area contributed by atoms with Crippen molar-refractivity contribution in [3.8, 4) is 6.19 Å². The Morgan fingerprint density at radius 1 is 1.48 bits per heavy atom. The molecule has 3 heterocycles. The molecular weight excluding hydrogens is 294 g/mol. The Morgan fingerprint density at radius 3 is 3.00 bits per heavy atom. The van der Waals surface area contributed by atoms with E-state index in [2.05, 4.69) is 15.3 Å². The smallest absolute Gasteiger partial charge is 0.208 e. The molecule has 1 saturated heterocycles. The minimum atomic E-state index is -0.734. The summed E-state index contributed by atoms with van der Waals surface area (Å²) in [5, 5.41) is 12.0. The predicted octanol–water partition coefficient (Wildman–Crippen LogP) is 0.720. The molecule has 3 rings (SSSR count). The maximum atomic E-state index is 8.84. The van der Waals surface area contributed by atoms with E-state index in [1.165, 1.54) is 0 Å². The number of nitrogens with zero attached hydrogens (tertiary/aromatic N) is 4. The summed E-state index contributed by atoms with van der Waals surface area (Å²) in [5.74, 6) is -0.258. The second-order valence-corrected chi connectivity index (χ2v) is 5.18. The van der Waals surface area contributed by atoms with Gasteiger partial charge in [-0.05, 0) is 12.1 Å². The molecule has 0 amide bonds. The third-order valence-corrected chi connectivity index (χ3v) is 3.70. The summed E-state index contributed by atoms with van der Waals surface area (Å²) in [6.45, 7) is 2.35. The van der Waals surface area contributed by atoms with Crippen molar-refractivity contribution in [2.45, 2.75) is 12.3 Å². The van der Waals surface area contributed by atoms with E-state index in [4.69, 9.17) is 26.3 Å². The number of halogens is 1. The van der Waals surface area contributed by atoms with Gasteiger partial charge in [-0.3, -0.25) is 10.3 Å². The molecule has 1 fully saturated rings. The van der Waals surface area contributed by atoms with E-state index in [0.29, 0.717) is 49.5 Å². The summed E-state index contributed by atoms with van der Waals surface area (Å²) < 4.78 is 11.3. The van der Waals surface area contributed by atoms with Crippen molar-refractivity contribution in [2.75, 3.05) is 26.3 Å². The van der Waals surface area contributed by atoms with Gasteiger partial charge in [-0.1, -0.05) is 11.6 Å². The fraction of sp³-hybridized carbons (Fsp3) is 0.462. The lowest BCUT2D eigenvalue weighted by atomic mass is 10.2. The second kappa shape index (κ2) is 5.85. The second-order valence-electron chi connectivity index (χ2n) is 4.77. The number of hydrogen-bond acceptors (Lipinski definition) is 7. The van der Waals surface area contributed by atoms with Gasteiger partial charge in [-0.15, -0.1) is 0 Å². The van der Waals surface area contributed by atoms with Crippen molar-refractivity contribution < 1.29 is 9.47 Å². The van der Waals surface area contributed by atoms with Gasteiger partial charge in [0.15, 0.2) is 6.19 Å². The van der Waals surface area contributed by atoms with Crippen molar-refractivity contribution in [3.63, 3.8) is 0 Å². The van der Waals surface area contributed by atoms with Crippen LogP contribution in [-0.2, 0) is 16.0 Å². The van der Waals surface area contributed by atoms with Crippen LogP contribution in [0.3, 0.4) is 0 Å². The van der Waals surface area contributed by atoms with Crippen molar-refractivity contribution in [3.05, 3.63) is 29.0 Å². The number of aromatic nitrogens is 1. The Bertz CT molecular complexity index is 594. The molecule has 0 atom stereocenters. The number of rotatable bonds is 2. The highest BCUT2D eigenvalue weighted by Crippen LogP contribution is 2.26. The highest BCUT2D eigenvalue weighted by molar-refractivity contribution is 6.31.